The smallest absolute Gasteiger partial charge is 0.191 e. The van der Waals surface area contributed by atoms with Crippen LogP contribution in [0.4, 0.5) is 5.82 Å². The molecule has 6 heteroatoms. The summed E-state index contributed by atoms with van der Waals surface area (Å²) < 4.78 is 0. The zero-order valence-electron chi connectivity index (χ0n) is 16.8. The van der Waals surface area contributed by atoms with Crippen molar-refractivity contribution in [1.29, 1.82) is 0 Å². The first-order valence-electron chi connectivity index (χ1n) is 9.30. The number of aromatic nitrogens is 1. The number of pyridine rings is 1. The number of benzene rings is 1. The second-order valence-corrected chi connectivity index (χ2v) is 6.65. The molecule has 2 rings (SSSR count). The maximum atomic E-state index is 4.75. The zero-order chi connectivity index (χ0) is 18.8. The molecule has 1 aromatic carbocycles. The van der Waals surface area contributed by atoms with Crippen LogP contribution in [0.5, 0.6) is 0 Å². The van der Waals surface area contributed by atoms with Gasteiger partial charge in [-0.05, 0) is 38.3 Å². The van der Waals surface area contributed by atoms with Gasteiger partial charge in [0.1, 0.15) is 5.82 Å². The van der Waals surface area contributed by atoms with Crippen molar-refractivity contribution in [2.75, 3.05) is 25.5 Å². The van der Waals surface area contributed by atoms with Crippen LogP contribution in [0, 0.1) is 0 Å². The van der Waals surface area contributed by atoms with Gasteiger partial charge >= 0.3 is 0 Å². The van der Waals surface area contributed by atoms with Crippen molar-refractivity contribution in [2.45, 2.75) is 39.3 Å². The molecule has 5 nitrogen and oxygen atoms in total. The van der Waals surface area contributed by atoms with Gasteiger partial charge in [0.05, 0.1) is 6.54 Å². The average Bonchev–Trinajstić information content (AvgIpc) is 2.65. The van der Waals surface area contributed by atoms with E-state index in [1.165, 1.54) is 5.56 Å². The van der Waals surface area contributed by atoms with E-state index in [9.17, 15) is 0 Å². The molecule has 0 bridgehead atoms. The SMILES string of the molecule is CCNC(=NCc1cccnc1N(C)C)NC(C)CCc1ccccc1.I. The number of hydrogen-bond acceptors (Lipinski definition) is 3. The monoisotopic (exact) mass is 481 g/mol. The average molecular weight is 481 g/mol. The Balaban J connectivity index is 0.00000364. The van der Waals surface area contributed by atoms with Gasteiger partial charge in [-0.2, -0.15) is 0 Å². The van der Waals surface area contributed by atoms with Crippen LogP contribution >= 0.6 is 24.0 Å². The third-order valence-corrected chi connectivity index (χ3v) is 4.13. The van der Waals surface area contributed by atoms with Crippen LogP contribution in [-0.4, -0.2) is 37.6 Å². The van der Waals surface area contributed by atoms with Crippen LogP contribution in [0.25, 0.3) is 0 Å². The van der Waals surface area contributed by atoms with Gasteiger partial charge in [-0.3, -0.25) is 0 Å². The first kappa shape index (κ1) is 23.2. The first-order chi connectivity index (χ1) is 12.6. The van der Waals surface area contributed by atoms with Gasteiger partial charge < -0.3 is 15.5 Å². The quantitative estimate of drug-likeness (QED) is 0.342. The Kier molecular flexibility index (Phi) is 10.8. The Morgan fingerprint density at radius 3 is 2.56 bits per heavy atom. The maximum absolute atomic E-state index is 4.75. The van der Waals surface area contributed by atoms with Gasteiger partial charge in [0.15, 0.2) is 5.96 Å². The Morgan fingerprint density at radius 2 is 1.89 bits per heavy atom. The first-order valence-corrected chi connectivity index (χ1v) is 9.30. The molecule has 148 valence electrons. The minimum atomic E-state index is 0. The summed E-state index contributed by atoms with van der Waals surface area (Å²) >= 11 is 0. The van der Waals surface area contributed by atoms with E-state index < -0.39 is 0 Å². The molecule has 0 aliphatic carbocycles. The Morgan fingerprint density at radius 1 is 1.15 bits per heavy atom. The third kappa shape index (κ3) is 8.15. The molecule has 1 aromatic heterocycles. The summed E-state index contributed by atoms with van der Waals surface area (Å²) in [5.41, 5.74) is 2.49. The molecule has 0 aliphatic rings. The molecule has 1 atom stereocenters. The van der Waals surface area contributed by atoms with Crippen molar-refractivity contribution < 1.29 is 0 Å². The molecule has 0 saturated heterocycles. The van der Waals surface area contributed by atoms with E-state index in [1.54, 1.807) is 0 Å². The summed E-state index contributed by atoms with van der Waals surface area (Å²) in [7, 11) is 4.01. The van der Waals surface area contributed by atoms with E-state index >= 15 is 0 Å². The van der Waals surface area contributed by atoms with E-state index in [2.05, 4.69) is 65.9 Å². The molecule has 0 aliphatic heterocycles. The molecule has 27 heavy (non-hydrogen) atoms. The number of hydrogen-bond donors (Lipinski definition) is 2. The molecule has 1 unspecified atom stereocenters. The van der Waals surface area contributed by atoms with Crippen LogP contribution in [-0.2, 0) is 13.0 Å². The maximum Gasteiger partial charge on any atom is 0.191 e. The number of anilines is 1. The summed E-state index contributed by atoms with van der Waals surface area (Å²) in [6, 6.07) is 15.0. The fourth-order valence-electron chi connectivity index (χ4n) is 2.77. The lowest BCUT2D eigenvalue weighted by molar-refractivity contribution is 0.593. The van der Waals surface area contributed by atoms with Crippen molar-refractivity contribution in [1.82, 2.24) is 15.6 Å². The summed E-state index contributed by atoms with van der Waals surface area (Å²) in [6.45, 7) is 5.72. The van der Waals surface area contributed by atoms with Crippen molar-refractivity contribution in [3.63, 3.8) is 0 Å². The minimum absolute atomic E-state index is 0. The Labute approximate surface area is 180 Å². The van der Waals surface area contributed by atoms with E-state index in [0.29, 0.717) is 12.6 Å². The summed E-state index contributed by atoms with van der Waals surface area (Å²) in [5, 5.41) is 6.85. The largest absolute Gasteiger partial charge is 0.362 e. The van der Waals surface area contributed by atoms with Crippen LogP contribution in [0.15, 0.2) is 53.7 Å². The van der Waals surface area contributed by atoms with Gasteiger partial charge in [0.2, 0.25) is 0 Å². The van der Waals surface area contributed by atoms with Crippen molar-refractivity contribution in [2.24, 2.45) is 4.99 Å². The standard InChI is InChI=1S/C21H31N5.HI/c1-5-22-21(24-16-19-12-9-15-23-20(19)26(3)4)25-17(2)13-14-18-10-7-6-8-11-18;/h6-12,15,17H,5,13-14,16H2,1-4H3,(H2,22,24,25);1H. The second-order valence-electron chi connectivity index (χ2n) is 6.65. The lowest BCUT2D eigenvalue weighted by Crippen LogP contribution is -2.42. The molecule has 2 N–H and O–H groups in total. The van der Waals surface area contributed by atoms with Crippen LogP contribution < -0.4 is 15.5 Å². The summed E-state index contributed by atoms with van der Waals surface area (Å²) in [5.74, 6) is 1.81. The van der Waals surface area contributed by atoms with Gasteiger partial charge in [-0.1, -0.05) is 36.4 Å². The molecular weight excluding hydrogens is 449 g/mol. The van der Waals surface area contributed by atoms with Crippen LogP contribution in [0.3, 0.4) is 0 Å². The number of halogens is 1. The van der Waals surface area contributed by atoms with E-state index in [-0.39, 0.29) is 24.0 Å². The highest BCUT2D eigenvalue weighted by atomic mass is 127. The highest BCUT2D eigenvalue weighted by Gasteiger charge is 2.08. The summed E-state index contributed by atoms with van der Waals surface area (Å²) in [4.78, 5) is 11.2. The highest BCUT2D eigenvalue weighted by Crippen LogP contribution is 2.15. The van der Waals surface area contributed by atoms with Gasteiger partial charge in [-0.15, -0.1) is 24.0 Å². The highest BCUT2D eigenvalue weighted by molar-refractivity contribution is 14.0. The lowest BCUT2D eigenvalue weighted by Gasteiger charge is -2.19. The fraction of sp³-hybridized carbons (Fsp3) is 0.429. The number of rotatable bonds is 8. The van der Waals surface area contributed by atoms with E-state index in [4.69, 9.17) is 4.99 Å². The molecule has 2 aromatic rings. The van der Waals surface area contributed by atoms with E-state index in [1.807, 2.05) is 31.3 Å². The van der Waals surface area contributed by atoms with Crippen LogP contribution in [0.2, 0.25) is 0 Å². The number of nitrogens with zero attached hydrogens (tertiary/aromatic N) is 3. The predicted octanol–water partition coefficient (Wildman–Crippen LogP) is 3.84. The zero-order valence-corrected chi connectivity index (χ0v) is 19.1. The number of nitrogens with one attached hydrogen (secondary N) is 2. The van der Waals surface area contributed by atoms with Crippen molar-refractivity contribution in [3.8, 4) is 0 Å². The van der Waals surface area contributed by atoms with Gasteiger partial charge in [0, 0.05) is 38.4 Å². The number of aliphatic imine (C=N–C) groups is 1. The normalized spacial score (nSPS) is 12.1. The molecule has 1 heterocycles. The number of aryl methyl sites for hydroxylation is 1. The van der Waals surface area contributed by atoms with Gasteiger partial charge in [0.25, 0.3) is 0 Å². The topological polar surface area (TPSA) is 52.6 Å². The third-order valence-electron chi connectivity index (χ3n) is 4.13. The van der Waals surface area contributed by atoms with Crippen molar-refractivity contribution in [3.05, 3.63) is 59.8 Å². The molecule has 0 saturated carbocycles. The second kappa shape index (κ2) is 12.5. The lowest BCUT2D eigenvalue weighted by atomic mass is 10.1. The predicted molar refractivity (Wildman–Crippen MR) is 126 cm³/mol. The minimum Gasteiger partial charge on any atom is -0.362 e. The summed E-state index contributed by atoms with van der Waals surface area (Å²) in [6.07, 6.45) is 3.93. The van der Waals surface area contributed by atoms with Crippen molar-refractivity contribution >= 4 is 35.8 Å². The molecule has 0 spiro atoms. The van der Waals surface area contributed by atoms with Crippen LogP contribution in [0.1, 0.15) is 31.4 Å². The number of guanidine groups is 1. The molecule has 0 radical (unpaired) electrons. The fourth-order valence-corrected chi connectivity index (χ4v) is 2.77. The van der Waals surface area contributed by atoms with Gasteiger partial charge in [-0.25, -0.2) is 9.98 Å². The molecular formula is C21H32IN5. The molecule has 0 fully saturated rings. The molecule has 0 amide bonds. The Hall–Kier alpha value is -1.83. The Bertz CT molecular complexity index is 688. The van der Waals surface area contributed by atoms with E-state index in [0.717, 1.165) is 36.7 Å².